The maximum atomic E-state index is 6.06. The molecule has 0 N–H and O–H groups in total. The number of nitrogens with zero attached hydrogens (tertiary/aromatic N) is 1. The van der Waals surface area contributed by atoms with Gasteiger partial charge >= 0.3 is 0 Å². The Kier molecular flexibility index (Phi) is 6.59. The summed E-state index contributed by atoms with van der Waals surface area (Å²) in [5.74, 6) is 2.52. The highest BCUT2D eigenvalue weighted by molar-refractivity contribution is 14.1. The Labute approximate surface area is 164 Å². The van der Waals surface area contributed by atoms with Crippen LogP contribution in [0, 0.1) is 9.49 Å². The van der Waals surface area contributed by atoms with E-state index in [1.165, 1.54) is 31.5 Å². The molecule has 0 aromatic heterocycles. The molecule has 1 saturated heterocycles. The zero-order valence-electron chi connectivity index (χ0n) is 15.0. The summed E-state index contributed by atoms with van der Waals surface area (Å²) in [6.45, 7) is 6.26. The first kappa shape index (κ1) is 18.5. The fourth-order valence-electron chi connectivity index (χ4n) is 3.21. The Bertz CT molecular complexity index is 682. The number of ether oxygens (including phenoxy) is 2. The zero-order valence-corrected chi connectivity index (χ0v) is 17.2. The van der Waals surface area contributed by atoms with Gasteiger partial charge in [-0.1, -0.05) is 37.3 Å². The number of piperidine rings is 1. The van der Waals surface area contributed by atoms with Gasteiger partial charge in [-0.2, -0.15) is 0 Å². The number of rotatable bonds is 6. The van der Waals surface area contributed by atoms with Gasteiger partial charge in [0.2, 0.25) is 0 Å². The minimum Gasteiger partial charge on any atom is -0.493 e. The molecule has 1 aliphatic heterocycles. The van der Waals surface area contributed by atoms with Crippen LogP contribution >= 0.6 is 22.6 Å². The van der Waals surface area contributed by atoms with Gasteiger partial charge in [-0.05, 0) is 77.7 Å². The van der Waals surface area contributed by atoms with Crippen LogP contribution in [0.1, 0.15) is 30.9 Å². The third-order valence-corrected chi connectivity index (χ3v) is 5.60. The lowest BCUT2D eigenvalue weighted by atomic mass is 9.99. The highest BCUT2D eigenvalue weighted by Crippen LogP contribution is 2.35. The molecule has 0 spiro atoms. The average molecular weight is 451 g/mol. The molecule has 4 heteroatoms. The topological polar surface area (TPSA) is 21.7 Å². The summed E-state index contributed by atoms with van der Waals surface area (Å²) >= 11 is 2.35. The van der Waals surface area contributed by atoms with Crippen molar-refractivity contribution in [1.29, 1.82) is 0 Å². The number of halogens is 1. The molecule has 0 unspecified atom stereocenters. The highest BCUT2D eigenvalue weighted by atomic mass is 127. The van der Waals surface area contributed by atoms with E-state index in [0.717, 1.165) is 33.1 Å². The zero-order chi connectivity index (χ0) is 17.6. The predicted molar refractivity (Wildman–Crippen MR) is 110 cm³/mol. The van der Waals surface area contributed by atoms with Gasteiger partial charge in [0.1, 0.15) is 6.61 Å². The second-order valence-corrected chi connectivity index (χ2v) is 8.00. The average Bonchev–Trinajstić information content (AvgIpc) is 2.63. The molecule has 1 aliphatic rings. The predicted octanol–water partition coefficient (Wildman–Crippen LogP) is 5.11. The normalized spacial score (nSPS) is 16.0. The van der Waals surface area contributed by atoms with E-state index in [0.29, 0.717) is 6.61 Å². The summed E-state index contributed by atoms with van der Waals surface area (Å²) in [5, 5.41) is 0. The maximum Gasteiger partial charge on any atom is 0.174 e. The number of methoxy groups -OCH3 is 1. The Morgan fingerprint density at radius 3 is 2.48 bits per heavy atom. The third kappa shape index (κ3) is 5.11. The standard InChI is InChI=1S/C21H26INO2/c1-16-8-10-23(11-9-16)14-18-12-19(22)21(20(13-18)24-2)25-15-17-6-4-3-5-7-17/h3-7,12-13,16H,8-11,14-15H2,1-2H3. The fraction of sp³-hybridized carbons (Fsp3) is 0.429. The Hall–Kier alpha value is -1.27. The van der Waals surface area contributed by atoms with Gasteiger partial charge in [0.05, 0.1) is 10.7 Å². The van der Waals surface area contributed by atoms with Crippen molar-refractivity contribution in [3.05, 3.63) is 57.2 Å². The minimum atomic E-state index is 0.552. The largest absolute Gasteiger partial charge is 0.493 e. The number of hydrogen-bond donors (Lipinski definition) is 0. The summed E-state index contributed by atoms with van der Waals surface area (Å²) in [7, 11) is 1.72. The van der Waals surface area contributed by atoms with Crippen molar-refractivity contribution in [2.75, 3.05) is 20.2 Å². The molecule has 2 aromatic rings. The molecule has 1 heterocycles. The van der Waals surface area contributed by atoms with Crippen LogP contribution in [0.3, 0.4) is 0 Å². The molecule has 0 aliphatic carbocycles. The quantitative estimate of drug-likeness (QED) is 0.570. The second-order valence-electron chi connectivity index (χ2n) is 6.84. The molecule has 0 amide bonds. The second kappa shape index (κ2) is 8.90. The van der Waals surface area contributed by atoms with E-state index in [1.807, 2.05) is 18.2 Å². The van der Waals surface area contributed by atoms with Crippen LogP contribution in [0.4, 0.5) is 0 Å². The minimum absolute atomic E-state index is 0.552. The molecule has 0 radical (unpaired) electrons. The van der Waals surface area contributed by atoms with Crippen LogP contribution in [0.2, 0.25) is 0 Å². The van der Waals surface area contributed by atoms with Crippen molar-refractivity contribution >= 4 is 22.6 Å². The Balaban J connectivity index is 1.69. The first-order valence-corrected chi connectivity index (χ1v) is 9.99. The van der Waals surface area contributed by atoms with E-state index in [9.17, 15) is 0 Å². The maximum absolute atomic E-state index is 6.06. The van der Waals surface area contributed by atoms with Gasteiger partial charge in [-0.25, -0.2) is 0 Å². The molecule has 0 bridgehead atoms. The lowest BCUT2D eigenvalue weighted by Gasteiger charge is -2.30. The van der Waals surface area contributed by atoms with Gasteiger partial charge in [-0.3, -0.25) is 4.90 Å². The van der Waals surface area contributed by atoms with Crippen molar-refractivity contribution in [2.45, 2.75) is 32.9 Å². The van der Waals surface area contributed by atoms with Crippen molar-refractivity contribution in [1.82, 2.24) is 4.90 Å². The van der Waals surface area contributed by atoms with E-state index < -0.39 is 0 Å². The number of likely N-dealkylation sites (tertiary alicyclic amines) is 1. The molecule has 2 aromatic carbocycles. The summed E-state index contributed by atoms with van der Waals surface area (Å²) in [6.07, 6.45) is 2.60. The van der Waals surface area contributed by atoms with E-state index in [-0.39, 0.29) is 0 Å². The molecule has 0 atom stereocenters. The monoisotopic (exact) mass is 451 g/mol. The van der Waals surface area contributed by atoms with Gasteiger partial charge < -0.3 is 9.47 Å². The summed E-state index contributed by atoms with van der Waals surface area (Å²) in [5.41, 5.74) is 2.45. The fourth-order valence-corrected chi connectivity index (χ4v) is 4.03. The first-order valence-electron chi connectivity index (χ1n) is 8.91. The SMILES string of the molecule is COc1cc(CN2CCC(C)CC2)cc(I)c1OCc1ccccc1. The van der Waals surface area contributed by atoms with Crippen molar-refractivity contribution < 1.29 is 9.47 Å². The van der Waals surface area contributed by atoms with E-state index in [4.69, 9.17) is 9.47 Å². The lowest BCUT2D eigenvalue weighted by molar-refractivity contribution is 0.185. The molecule has 134 valence electrons. The van der Waals surface area contributed by atoms with Crippen LogP contribution < -0.4 is 9.47 Å². The van der Waals surface area contributed by atoms with Gasteiger partial charge in [0, 0.05) is 6.54 Å². The molecular weight excluding hydrogens is 425 g/mol. The lowest BCUT2D eigenvalue weighted by Crippen LogP contribution is -2.32. The van der Waals surface area contributed by atoms with Gasteiger partial charge in [-0.15, -0.1) is 0 Å². The van der Waals surface area contributed by atoms with Crippen LogP contribution in [0.15, 0.2) is 42.5 Å². The van der Waals surface area contributed by atoms with Crippen LogP contribution in [0.5, 0.6) is 11.5 Å². The van der Waals surface area contributed by atoms with Crippen molar-refractivity contribution in [3.63, 3.8) is 0 Å². The smallest absolute Gasteiger partial charge is 0.174 e. The van der Waals surface area contributed by atoms with E-state index in [2.05, 4.69) is 58.7 Å². The van der Waals surface area contributed by atoms with Crippen LogP contribution in [0.25, 0.3) is 0 Å². The Morgan fingerprint density at radius 1 is 1.08 bits per heavy atom. The van der Waals surface area contributed by atoms with Gasteiger partial charge in [0.15, 0.2) is 11.5 Å². The number of benzene rings is 2. The Morgan fingerprint density at radius 2 is 1.80 bits per heavy atom. The molecule has 25 heavy (non-hydrogen) atoms. The van der Waals surface area contributed by atoms with E-state index >= 15 is 0 Å². The summed E-state index contributed by atoms with van der Waals surface area (Å²) in [6, 6.07) is 14.6. The van der Waals surface area contributed by atoms with Crippen LogP contribution in [-0.4, -0.2) is 25.1 Å². The molecule has 3 nitrogen and oxygen atoms in total. The summed E-state index contributed by atoms with van der Waals surface area (Å²) < 4.78 is 12.8. The van der Waals surface area contributed by atoms with Crippen molar-refractivity contribution in [3.8, 4) is 11.5 Å². The number of hydrogen-bond acceptors (Lipinski definition) is 3. The molecule has 3 rings (SSSR count). The molecule has 1 fully saturated rings. The van der Waals surface area contributed by atoms with Crippen molar-refractivity contribution in [2.24, 2.45) is 5.92 Å². The first-order chi connectivity index (χ1) is 12.2. The van der Waals surface area contributed by atoms with Gasteiger partial charge in [0.25, 0.3) is 0 Å². The van der Waals surface area contributed by atoms with Crippen LogP contribution in [-0.2, 0) is 13.2 Å². The highest BCUT2D eigenvalue weighted by Gasteiger charge is 2.18. The van der Waals surface area contributed by atoms with E-state index in [1.54, 1.807) is 7.11 Å². The summed E-state index contributed by atoms with van der Waals surface area (Å²) in [4.78, 5) is 2.54. The third-order valence-electron chi connectivity index (χ3n) is 4.80. The molecular formula is C21H26INO2. The molecule has 0 saturated carbocycles.